The Morgan fingerprint density at radius 2 is 2.24 bits per heavy atom. The third-order valence-corrected chi connectivity index (χ3v) is 4.77. The highest BCUT2D eigenvalue weighted by atomic mass is 32.2. The van der Waals surface area contributed by atoms with Crippen molar-refractivity contribution in [2.24, 2.45) is 0 Å². The Bertz CT molecular complexity index is 498. The van der Waals surface area contributed by atoms with E-state index in [1.54, 1.807) is 11.8 Å². The van der Waals surface area contributed by atoms with Crippen LogP contribution in [0.3, 0.4) is 0 Å². The van der Waals surface area contributed by atoms with Gasteiger partial charge in [-0.15, -0.1) is 11.8 Å². The summed E-state index contributed by atoms with van der Waals surface area (Å²) >= 11 is 1.68. The van der Waals surface area contributed by atoms with Crippen LogP contribution >= 0.6 is 11.8 Å². The van der Waals surface area contributed by atoms with Crippen molar-refractivity contribution in [3.8, 4) is 0 Å². The summed E-state index contributed by atoms with van der Waals surface area (Å²) in [6.45, 7) is 5.34. The summed E-state index contributed by atoms with van der Waals surface area (Å²) in [4.78, 5) is 13.0. The number of hydrogen-bond acceptors (Lipinski definition) is 4. The van der Waals surface area contributed by atoms with Crippen molar-refractivity contribution < 1.29 is 14.6 Å². The van der Waals surface area contributed by atoms with Crippen LogP contribution in [0.4, 0.5) is 0 Å². The lowest BCUT2D eigenvalue weighted by Gasteiger charge is -2.20. The van der Waals surface area contributed by atoms with Crippen LogP contribution in [-0.2, 0) is 9.53 Å². The number of aliphatic hydroxyl groups is 1. The van der Waals surface area contributed by atoms with Gasteiger partial charge >= 0.3 is 0 Å². The number of benzene rings is 1. The minimum atomic E-state index is -0.878. The molecule has 1 fully saturated rings. The van der Waals surface area contributed by atoms with E-state index in [-0.39, 0.29) is 12.5 Å². The molecule has 1 aromatic carbocycles. The van der Waals surface area contributed by atoms with Crippen molar-refractivity contribution >= 4 is 17.7 Å². The first-order chi connectivity index (χ1) is 9.98. The number of nitrogens with one attached hydrogen (secondary N) is 1. The summed E-state index contributed by atoms with van der Waals surface area (Å²) in [6, 6.07) is 6.34. The predicted octanol–water partition coefficient (Wildman–Crippen LogP) is 2.05. The maximum atomic E-state index is 11.8. The Balaban J connectivity index is 1.68. The van der Waals surface area contributed by atoms with Crippen molar-refractivity contribution in [2.75, 3.05) is 25.5 Å². The molecule has 1 amide bonds. The monoisotopic (exact) mass is 309 g/mol. The highest BCUT2D eigenvalue weighted by Gasteiger charge is 2.32. The van der Waals surface area contributed by atoms with Crippen molar-refractivity contribution in [3.05, 3.63) is 29.3 Å². The molecule has 1 aromatic rings. The number of rotatable bonds is 6. The molecule has 4 nitrogen and oxygen atoms in total. The van der Waals surface area contributed by atoms with E-state index in [0.717, 1.165) is 5.75 Å². The summed E-state index contributed by atoms with van der Waals surface area (Å²) in [6.07, 6.45) is 1.04. The first-order valence-corrected chi connectivity index (χ1v) is 8.24. The molecule has 0 aromatic heterocycles. The van der Waals surface area contributed by atoms with Crippen LogP contribution in [-0.4, -0.2) is 42.1 Å². The highest BCUT2D eigenvalue weighted by Crippen LogP contribution is 2.22. The normalized spacial score (nSPS) is 21.5. The molecule has 1 aliphatic rings. The molecule has 116 valence electrons. The fraction of sp³-hybridized carbons (Fsp3) is 0.562. The van der Waals surface area contributed by atoms with Gasteiger partial charge in [0.05, 0.1) is 6.61 Å². The molecular formula is C16H23NO3S. The SMILES string of the molecule is Cc1ccc(SCCC(=O)NCC2(O)CCOC2)cc1C. The van der Waals surface area contributed by atoms with Gasteiger partial charge in [-0.3, -0.25) is 4.79 Å². The van der Waals surface area contributed by atoms with Crippen LogP contribution in [0.1, 0.15) is 24.0 Å². The first-order valence-electron chi connectivity index (χ1n) is 7.25. The lowest BCUT2D eigenvalue weighted by atomic mass is 10.0. The molecule has 0 radical (unpaired) electrons. The maximum Gasteiger partial charge on any atom is 0.220 e. The van der Waals surface area contributed by atoms with Gasteiger partial charge in [0.2, 0.25) is 5.91 Å². The topological polar surface area (TPSA) is 58.6 Å². The molecule has 0 spiro atoms. The third kappa shape index (κ3) is 5.02. The van der Waals surface area contributed by atoms with Crippen LogP contribution in [0.25, 0.3) is 0 Å². The number of ether oxygens (including phenoxy) is 1. The second-order valence-corrected chi connectivity index (χ2v) is 6.82. The number of carbonyl (C=O) groups is 1. The van der Waals surface area contributed by atoms with E-state index in [1.807, 2.05) is 0 Å². The Morgan fingerprint density at radius 3 is 2.90 bits per heavy atom. The third-order valence-electron chi connectivity index (χ3n) is 3.77. The number of hydrogen-bond donors (Lipinski definition) is 2. The molecule has 5 heteroatoms. The van der Waals surface area contributed by atoms with E-state index in [9.17, 15) is 9.90 Å². The molecule has 1 aliphatic heterocycles. The Labute approximate surface area is 130 Å². The summed E-state index contributed by atoms with van der Waals surface area (Å²) in [5, 5.41) is 12.8. The highest BCUT2D eigenvalue weighted by molar-refractivity contribution is 7.99. The van der Waals surface area contributed by atoms with Crippen LogP contribution in [0.2, 0.25) is 0 Å². The number of amides is 1. The quantitative estimate of drug-likeness (QED) is 0.790. The number of thioether (sulfide) groups is 1. The zero-order valence-corrected chi connectivity index (χ0v) is 13.5. The van der Waals surface area contributed by atoms with Gasteiger partial charge in [0.25, 0.3) is 0 Å². The van der Waals surface area contributed by atoms with Crippen LogP contribution in [0, 0.1) is 13.8 Å². The fourth-order valence-electron chi connectivity index (χ4n) is 2.15. The Kier molecular flexibility index (Phi) is 5.67. The second-order valence-electron chi connectivity index (χ2n) is 5.65. The summed E-state index contributed by atoms with van der Waals surface area (Å²) < 4.78 is 5.15. The molecule has 0 bridgehead atoms. The van der Waals surface area contributed by atoms with Crippen molar-refractivity contribution in [1.82, 2.24) is 5.32 Å². The molecule has 2 N–H and O–H groups in total. The van der Waals surface area contributed by atoms with Gasteiger partial charge in [-0.1, -0.05) is 6.07 Å². The summed E-state index contributed by atoms with van der Waals surface area (Å²) in [7, 11) is 0. The molecule has 0 aliphatic carbocycles. The van der Waals surface area contributed by atoms with Crippen LogP contribution in [0.15, 0.2) is 23.1 Å². The Morgan fingerprint density at radius 1 is 1.43 bits per heavy atom. The largest absolute Gasteiger partial charge is 0.386 e. The minimum Gasteiger partial charge on any atom is -0.386 e. The molecular weight excluding hydrogens is 286 g/mol. The molecule has 0 saturated carbocycles. The van der Waals surface area contributed by atoms with Gasteiger partial charge < -0.3 is 15.2 Å². The lowest BCUT2D eigenvalue weighted by Crippen LogP contribution is -2.43. The van der Waals surface area contributed by atoms with E-state index < -0.39 is 5.60 Å². The van der Waals surface area contributed by atoms with Crippen molar-refractivity contribution in [2.45, 2.75) is 37.2 Å². The number of aryl methyl sites for hydroxylation is 2. The molecule has 21 heavy (non-hydrogen) atoms. The summed E-state index contributed by atoms with van der Waals surface area (Å²) in [5.41, 5.74) is 1.67. The van der Waals surface area contributed by atoms with Crippen molar-refractivity contribution in [1.29, 1.82) is 0 Å². The maximum absolute atomic E-state index is 11.8. The van der Waals surface area contributed by atoms with Gasteiger partial charge in [0, 0.05) is 36.6 Å². The summed E-state index contributed by atoms with van der Waals surface area (Å²) in [5.74, 6) is 0.718. The molecule has 1 saturated heterocycles. The van der Waals surface area contributed by atoms with Gasteiger partial charge in [-0.25, -0.2) is 0 Å². The molecule has 1 atom stereocenters. The molecule has 1 heterocycles. The minimum absolute atomic E-state index is 0.0216. The van der Waals surface area contributed by atoms with Gasteiger partial charge in [0.1, 0.15) is 5.60 Å². The van der Waals surface area contributed by atoms with E-state index in [4.69, 9.17) is 4.74 Å². The average Bonchev–Trinajstić information content (AvgIpc) is 2.88. The molecule has 2 rings (SSSR count). The standard InChI is InChI=1S/C16H23NO3S/c1-12-3-4-14(9-13(12)2)21-8-5-15(18)17-10-16(19)6-7-20-11-16/h3-4,9,19H,5-8,10-11H2,1-2H3,(H,17,18). The predicted molar refractivity (Wildman–Crippen MR) is 84.7 cm³/mol. The van der Waals surface area contributed by atoms with Crippen molar-refractivity contribution in [3.63, 3.8) is 0 Å². The zero-order chi connectivity index (χ0) is 15.3. The average molecular weight is 309 g/mol. The van der Waals surface area contributed by atoms with Crippen LogP contribution in [0.5, 0.6) is 0 Å². The van der Waals surface area contributed by atoms with Gasteiger partial charge in [0.15, 0.2) is 0 Å². The lowest BCUT2D eigenvalue weighted by molar-refractivity contribution is -0.121. The van der Waals surface area contributed by atoms with Gasteiger partial charge in [-0.2, -0.15) is 0 Å². The molecule has 1 unspecified atom stereocenters. The van der Waals surface area contributed by atoms with E-state index in [1.165, 1.54) is 16.0 Å². The van der Waals surface area contributed by atoms with E-state index in [0.29, 0.717) is 26.1 Å². The smallest absolute Gasteiger partial charge is 0.220 e. The zero-order valence-electron chi connectivity index (χ0n) is 12.6. The first kappa shape index (κ1) is 16.3. The van der Waals surface area contributed by atoms with Gasteiger partial charge in [-0.05, 0) is 37.1 Å². The van der Waals surface area contributed by atoms with E-state index >= 15 is 0 Å². The van der Waals surface area contributed by atoms with Crippen LogP contribution < -0.4 is 5.32 Å². The fourth-order valence-corrected chi connectivity index (χ4v) is 3.10. The number of carbonyl (C=O) groups excluding carboxylic acids is 1. The second kappa shape index (κ2) is 7.29. The van der Waals surface area contributed by atoms with E-state index in [2.05, 4.69) is 37.4 Å². The Hall–Kier alpha value is -1.04.